The number of aromatic nitrogens is 1. The molecule has 0 saturated carbocycles. The van der Waals surface area contributed by atoms with E-state index in [0.29, 0.717) is 17.3 Å². The van der Waals surface area contributed by atoms with Crippen LogP contribution in [0, 0.1) is 10.1 Å². The topological polar surface area (TPSA) is 115 Å². The highest BCUT2D eigenvalue weighted by Gasteiger charge is 2.36. The zero-order valence-corrected chi connectivity index (χ0v) is 21.2. The summed E-state index contributed by atoms with van der Waals surface area (Å²) >= 11 is 6.85. The maximum Gasteiger partial charge on any atom is 0.294 e. The van der Waals surface area contributed by atoms with Crippen molar-refractivity contribution in [2.45, 2.75) is 6.54 Å². The molecule has 38 heavy (non-hydrogen) atoms. The summed E-state index contributed by atoms with van der Waals surface area (Å²) in [6.07, 6.45) is 3.51. The number of nitrogens with one attached hydrogen (secondary N) is 1. The van der Waals surface area contributed by atoms with Crippen molar-refractivity contribution in [2.24, 2.45) is 0 Å². The Hall–Kier alpha value is -4.41. The average molecular weight is 547 g/mol. The number of benzene rings is 3. The number of hydrogen-bond donors (Lipinski definition) is 1. The first-order valence-corrected chi connectivity index (χ1v) is 12.6. The predicted molar refractivity (Wildman–Crippen MR) is 147 cm³/mol. The lowest BCUT2D eigenvalue weighted by Gasteiger charge is -2.13. The lowest BCUT2D eigenvalue weighted by molar-refractivity contribution is -0.384. The molecular formula is C27H19ClN4O5S. The molecule has 190 valence electrons. The molecule has 9 nitrogen and oxygen atoms in total. The summed E-state index contributed by atoms with van der Waals surface area (Å²) in [6.45, 7) is 0.0190. The Morgan fingerprint density at radius 1 is 1.03 bits per heavy atom. The van der Waals surface area contributed by atoms with Crippen LogP contribution in [0.15, 0.2) is 83.9 Å². The molecule has 0 aliphatic carbocycles. The Morgan fingerprint density at radius 3 is 2.47 bits per heavy atom. The van der Waals surface area contributed by atoms with Gasteiger partial charge in [-0.2, -0.15) is 0 Å². The molecule has 11 heteroatoms. The summed E-state index contributed by atoms with van der Waals surface area (Å²) < 4.78 is 1.98. The van der Waals surface area contributed by atoms with Crippen molar-refractivity contribution in [2.75, 3.05) is 11.9 Å². The number of carbonyl (C=O) groups is 3. The van der Waals surface area contributed by atoms with Gasteiger partial charge in [-0.05, 0) is 41.6 Å². The van der Waals surface area contributed by atoms with Crippen molar-refractivity contribution in [3.05, 3.63) is 110 Å². The van der Waals surface area contributed by atoms with Gasteiger partial charge in [0.05, 0.1) is 20.5 Å². The van der Waals surface area contributed by atoms with Crippen molar-refractivity contribution in [1.29, 1.82) is 0 Å². The number of non-ortho nitro benzene ring substituents is 1. The Bertz CT molecular complexity index is 1630. The number of para-hydroxylation sites is 2. The molecule has 1 saturated heterocycles. The van der Waals surface area contributed by atoms with E-state index in [9.17, 15) is 24.5 Å². The van der Waals surface area contributed by atoms with Gasteiger partial charge in [0.25, 0.3) is 16.8 Å². The van der Waals surface area contributed by atoms with Crippen molar-refractivity contribution < 1.29 is 19.3 Å². The van der Waals surface area contributed by atoms with Crippen LogP contribution in [-0.4, -0.2) is 38.0 Å². The molecule has 1 N–H and O–H groups in total. The number of thioether (sulfide) groups is 1. The van der Waals surface area contributed by atoms with Gasteiger partial charge >= 0.3 is 0 Å². The second kappa shape index (κ2) is 10.5. The van der Waals surface area contributed by atoms with Crippen LogP contribution in [0.3, 0.4) is 0 Å². The van der Waals surface area contributed by atoms with Gasteiger partial charge in [0.1, 0.15) is 6.54 Å². The fraction of sp³-hybridized carbons (Fsp3) is 0.0741. The highest BCUT2D eigenvalue weighted by atomic mass is 35.5. The van der Waals surface area contributed by atoms with E-state index in [1.807, 2.05) is 35.0 Å². The van der Waals surface area contributed by atoms with E-state index in [0.717, 1.165) is 38.7 Å². The van der Waals surface area contributed by atoms with Crippen LogP contribution in [0.2, 0.25) is 5.02 Å². The number of nitro groups is 1. The van der Waals surface area contributed by atoms with Crippen LogP contribution < -0.4 is 5.32 Å². The standard InChI is InChI=1S/C27H19ClN4O5S/c28-21-6-2-3-7-22(21)29-25(33)16-31-26(34)24(38-27(31)35)13-18-15-30(23-8-4-1-5-20(18)23)14-17-9-11-19(12-10-17)32(36)37/h1-13,15H,14,16H2,(H,29,33)/b24-13+. The number of halogens is 1. The van der Waals surface area contributed by atoms with E-state index >= 15 is 0 Å². The van der Waals surface area contributed by atoms with E-state index in [1.54, 1.807) is 42.5 Å². The molecule has 3 amide bonds. The number of amides is 3. The van der Waals surface area contributed by atoms with E-state index < -0.39 is 28.5 Å². The number of hydrogen-bond acceptors (Lipinski definition) is 6. The third-order valence-corrected chi connectivity index (χ3v) is 7.17. The quantitative estimate of drug-likeness (QED) is 0.175. The van der Waals surface area contributed by atoms with Crippen LogP contribution >= 0.6 is 23.4 Å². The van der Waals surface area contributed by atoms with Crippen molar-refractivity contribution in [3.63, 3.8) is 0 Å². The van der Waals surface area contributed by atoms with Gasteiger partial charge in [-0.25, -0.2) is 0 Å². The number of anilines is 1. The van der Waals surface area contributed by atoms with Crippen molar-refractivity contribution >= 4 is 68.8 Å². The van der Waals surface area contributed by atoms with E-state index in [-0.39, 0.29) is 10.6 Å². The zero-order valence-electron chi connectivity index (χ0n) is 19.7. The Labute approximate surface area is 225 Å². The molecule has 0 spiro atoms. The minimum atomic E-state index is -0.554. The summed E-state index contributed by atoms with van der Waals surface area (Å²) in [5.41, 5.74) is 2.90. The number of rotatable bonds is 7. The minimum Gasteiger partial charge on any atom is -0.342 e. The van der Waals surface area contributed by atoms with Crippen LogP contribution in [0.25, 0.3) is 17.0 Å². The van der Waals surface area contributed by atoms with Gasteiger partial charge in [-0.3, -0.25) is 29.4 Å². The SMILES string of the molecule is O=C(CN1C(=O)S/C(=C/c2cn(Cc3ccc([N+](=O)[O-])cc3)c3ccccc23)C1=O)Nc1ccccc1Cl. The lowest BCUT2D eigenvalue weighted by atomic mass is 10.1. The molecule has 1 aromatic heterocycles. The Morgan fingerprint density at radius 2 is 1.74 bits per heavy atom. The van der Waals surface area contributed by atoms with Crippen LogP contribution in [0.4, 0.5) is 16.2 Å². The molecule has 2 heterocycles. The third-order valence-electron chi connectivity index (χ3n) is 5.93. The maximum atomic E-state index is 13.0. The lowest BCUT2D eigenvalue weighted by Crippen LogP contribution is -2.36. The summed E-state index contributed by atoms with van der Waals surface area (Å²) in [5.74, 6) is -1.09. The fourth-order valence-corrected chi connectivity index (χ4v) is 5.13. The van der Waals surface area contributed by atoms with Gasteiger partial charge < -0.3 is 9.88 Å². The Kier molecular flexibility index (Phi) is 6.99. The first kappa shape index (κ1) is 25.2. The predicted octanol–water partition coefficient (Wildman–Crippen LogP) is 5.93. The van der Waals surface area contributed by atoms with Crippen molar-refractivity contribution in [3.8, 4) is 0 Å². The molecule has 0 radical (unpaired) electrons. The summed E-state index contributed by atoms with van der Waals surface area (Å²) in [7, 11) is 0. The number of fused-ring (bicyclic) bond motifs is 1. The zero-order chi connectivity index (χ0) is 26.8. The third kappa shape index (κ3) is 5.17. The summed E-state index contributed by atoms with van der Waals surface area (Å²) in [5, 5.41) is 14.3. The molecule has 1 fully saturated rings. The molecule has 3 aromatic carbocycles. The normalized spacial score (nSPS) is 14.4. The van der Waals surface area contributed by atoms with Gasteiger partial charge in [0.2, 0.25) is 5.91 Å². The number of nitro benzene ring substituents is 1. The molecule has 5 rings (SSSR count). The molecule has 1 aliphatic heterocycles. The first-order chi connectivity index (χ1) is 18.3. The first-order valence-electron chi connectivity index (χ1n) is 11.4. The highest BCUT2D eigenvalue weighted by Crippen LogP contribution is 2.34. The highest BCUT2D eigenvalue weighted by molar-refractivity contribution is 8.18. The molecule has 0 atom stereocenters. The maximum absolute atomic E-state index is 13.0. The molecule has 1 aliphatic rings. The fourth-order valence-electron chi connectivity index (χ4n) is 4.11. The second-order valence-electron chi connectivity index (χ2n) is 8.45. The molecule has 0 bridgehead atoms. The minimum absolute atomic E-state index is 0.0167. The summed E-state index contributed by atoms with van der Waals surface area (Å²) in [6, 6.07) is 20.6. The molecule has 4 aromatic rings. The van der Waals surface area contributed by atoms with Crippen LogP contribution in [-0.2, 0) is 16.1 Å². The summed E-state index contributed by atoms with van der Waals surface area (Å²) in [4.78, 5) is 49.8. The monoisotopic (exact) mass is 546 g/mol. The number of imide groups is 1. The van der Waals surface area contributed by atoms with Gasteiger partial charge in [-0.1, -0.05) is 54.1 Å². The van der Waals surface area contributed by atoms with Crippen LogP contribution in [0.5, 0.6) is 0 Å². The van der Waals surface area contributed by atoms with E-state index in [1.165, 1.54) is 12.1 Å². The average Bonchev–Trinajstić information content (AvgIpc) is 3.37. The number of nitrogens with zero attached hydrogens (tertiary/aromatic N) is 3. The van der Waals surface area contributed by atoms with Gasteiger partial charge in [0.15, 0.2) is 0 Å². The second-order valence-corrected chi connectivity index (χ2v) is 9.85. The van der Waals surface area contributed by atoms with E-state index in [2.05, 4.69) is 5.32 Å². The van der Waals surface area contributed by atoms with Gasteiger partial charge in [-0.15, -0.1) is 0 Å². The van der Waals surface area contributed by atoms with Crippen molar-refractivity contribution in [1.82, 2.24) is 9.47 Å². The van der Waals surface area contributed by atoms with E-state index in [4.69, 9.17) is 11.6 Å². The largest absolute Gasteiger partial charge is 0.342 e. The van der Waals surface area contributed by atoms with Crippen LogP contribution in [0.1, 0.15) is 11.1 Å². The van der Waals surface area contributed by atoms with Gasteiger partial charge in [0, 0.05) is 41.3 Å². The number of carbonyl (C=O) groups excluding carboxylic acids is 3. The smallest absolute Gasteiger partial charge is 0.294 e. The molecule has 0 unspecified atom stereocenters. The molecular weight excluding hydrogens is 528 g/mol. The Balaban J connectivity index is 1.37.